The minimum absolute atomic E-state index is 0.217. The first-order valence-electron chi connectivity index (χ1n) is 10.9. The maximum Gasteiger partial charge on any atom is 0.255 e. The Balaban J connectivity index is 1.78. The van der Waals surface area contributed by atoms with Crippen LogP contribution in [0.15, 0.2) is 36.4 Å². The van der Waals surface area contributed by atoms with Gasteiger partial charge in [-0.25, -0.2) is 0 Å². The van der Waals surface area contributed by atoms with Crippen LogP contribution < -0.4 is 24.4 Å². The molecule has 0 spiro atoms. The van der Waals surface area contributed by atoms with Gasteiger partial charge in [0.25, 0.3) is 5.91 Å². The summed E-state index contributed by atoms with van der Waals surface area (Å²) in [4.78, 5) is 15.3. The smallest absolute Gasteiger partial charge is 0.255 e. The lowest BCUT2D eigenvalue weighted by molar-refractivity contribution is 0.102. The van der Waals surface area contributed by atoms with Crippen molar-refractivity contribution in [3.8, 4) is 17.2 Å². The van der Waals surface area contributed by atoms with Crippen molar-refractivity contribution in [1.29, 1.82) is 0 Å². The second-order valence-electron chi connectivity index (χ2n) is 7.15. The molecule has 0 unspecified atom stereocenters. The number of nitrogens with one attached hydrogen (secondary N) is 1. The fraction of sp³-hybridized carbons (Fsp3) is 0.458. The van der Waals surface area contributed by atoms with E-state index in [1.807, 2.05) is 32.9 Å². The van der Waals surface area contributed by atoms with E-state index in [1.54, 1.807) is 12.1 Å². The Morgan fingerprint density at radius 3 is 1.97 bits per heavy atom. The third-order valence-corrected chi connectivity index (χ3v) is 5.02. The van der Waals surface area contributed by atoms with E-state index in [0.29, 0.717) is 42.6 Å². The minimum atomic E-state index is -0.217. The molecule has 1 heterocycles. The molecule has 30 heavy (non-hydrogen) atoms. The maximum absolute atomic E-state index is 12.9. The van der Waals surface area contributed by atoms with Crippen LogP contribution >= 0.6 is 0 Å². The van der Waals surface area contributed by atoms with Crippen molar-refractivity contribution < 1.29 is 19.0 Å². The molecule has 0 bridgehead atoms. The highest BCUT2D eigenvalue weighted by atomic mass is 16.5. The fourth-order valence-corrected chi connectivity index (χ4v) is 3.63. The van der Waals surface area contributed by atoms with Crippen molar-refractivity contribution in [2.45, 2.75) is 40.0 Å². The van der Waals surface area contributed by atoms with Crippen LogP contribution in [-0.2, 0) is 0 Å². The maximum atomic E-state index is 12.9. The Hall–Kier alpha value is -2.89. The number of carbonyl (C=O) groups is 1. The van der Waals surface area contributed by atoms with E-state index >= 15 is 0 Å². The third kappa shape index (κ3) is 5.38. The number of piperidine rings is 1. The lowest BCUT2D eigenvalue weighted by Crippen LogP contribution is -2.29. The second kappa shape index (κ2) is 10.8. The minimum Gasteiger partial charge on any atom is -0.490 e. The van der Waals surface area contributed by atoms with Crippen LogP contribution in [0, 0.1) is 0 Å². The molecule has 0 radical (unpaired) electrons. The van der Waals surface area contributed by atoms with E-state index < -0.39 is 0 Å². The molecule has 1 N–H and O–H groups in total. The summed E-state index contributed by atoms with van der Waals surface area (Å²) in [5.41, 5.74) is 2.42. The lowest BCUT2D eigenvalue weighted by atomic mass is 10.1. The highest BCUT2D eigenvalue weighted by Gasteiger charge is 2.19. The van der Waals surface area contributed by atoms with Crippen LogP contribution in [0.5, 0.6) is 17.2 Å². The second-order valence-corrected chi connectivity index (χ2v) is 7.15. The van der Waals surface area contributed by atoms with Crippen molar-refractivity contribution in [1.82, 2.24) is 0 Å². The molecule has 6 heteroatoms. The van der Waals surface area contributed by atoms with E-state index in [0.717, 1.165) is 18.8 Å². The Kier molecular flexibility index (Phi) is 7.82. The summed E-state index contributed by atoms with van der Waals surface area (Å²) in [5.74, 6) is 1.33. The monoisotopic (exact) mass is 412 g/mol. The van der Waals surface area contributed by atoms with Gasteiger partial charge in [0.1, 0.15) is 0 Å². The normalized spacial score (nSPS) is 13.6. The summed E-state index contributed by atoms with van der Waals surface area (Å²) < 4.78 is 17.1. The van der Waals surface area contributed by atoms with Crippen LogP contribution in [0.1, 0.15) is 50.4 Å². The number of anilines is 2. The summed E-state index contributed by atoms with van der Waals surface area (Å²) in [6.45, 7) is 9.30. The molecular weight excluding hydrogens is 380 g/mol. The highest BCUT2D eigenvalue weighted by molar-refractivity contribution is 6.05. The zero-order valence-electron chi connectivity index (χ0n) is 18.2. The third-order valence-electron chi connectivity index (χ3n) is 5.02. The number of rotatable bonds is 9. The zero-order chi connectivity index (χ0) is 21.3. The summed E-state index contributed by atoms with van der Waals surface area (Å²) in [7, 11) is 0. The molecule has 2 aromatic rings. The van der Waals surface area contributed by atoms with E-state index in [1.165, 1.54) is 24.9 Å². The van der Waals surface area contributed by atoms with E-state index in [-0.39, 0.29) is 5.91 Å². The van der Waals surface area contributed by atoms with Crippen molar-refractivity contribution in [3.05, 3.63) is 42.0 Å². The largest absolute Gasteiger partial charge is 0.490 e. The Morgan fingerprint density at radius 2 is 1.43 bits per heavy atom. The molecule has 1 fully saturated rings. The number of hydrogen-bond donors (Lipinski definition) is 1. The molecule has 1 aliphatic rings. The number of hydrogen-bond acceptors (Lipinski definition) is 5. The molecule has 2 aromatic carbocycles. The molecule has 162 valence electrons. The number of carbonyl (C=O) groups excluding carboxylic acids is 1. The van der Waals surface area contributed by atoms with Crippen molar-refractivity contribution in [2.24, 2.45) is 0 Å². The lowest BCUT2D eigenvalue weighted by Gasteiger charge is -2.28. The van der Waals surface area contributed by atoms with Crippen molar-refractivity contribution in [3.63, 3.8) is 0 Å². The van der Waals surface area contributed by atoms with Crippen LogP contribution in [-0.4, -0.2) is 38.8 Å². The van der Waals surface area contributed by atoms with Gasteiger partial charge in [0, 0.05) is 30.0 Å². The van der Waals surface area contributed by atoms with Gasteiger partial charge in [-0.15, -0.1) is 0 Å². The van der Waals surface area contributed by atoms with Crippen LogP contribution in [0.25, 0.3) is 0 Å². The van der Waals surface area contributed by atoms with Crippen molar-refractivity contribution >= 4 is 17.3 Å². The van der Waals surface area contributed by atoms with Gasteiger partial charge in [-0.2, -0.15) is 0 Å². The standard InChI is InChI=1S/C24H32N2O4/c1-4-28-21-16-18(17-22(29-5-2)23(21)30-6-3)24(27)25-19-10-12-20(13-11-19)26-14-8-7-9-15-26/h10-13,16-17H,4-9,14-15H2,1-3H3,(H,25,27). The first-order chi connectivity index (χ1) is 14.7. The summed E-state index contributed by atoms with van der Waals surface area (Å²) in [5, 5.41) is 2.97. The fourth-order valence-electron chi connectivity index (χ4n) is 3.63. The molecule has 1 amide bonds. The van der Waals surface area contributed by atoms with Gasteiger partial charge in [-0.1, -0.05) is 0 Å². The zero-order valence-corrected chi connectivity index (χ0v) is 18.2. The molecule has 0 atom stereocenters. The van der Waals surface area contributed by atoms with Gasteiger partial charge in [0.2, 0.25) is 5.75 Å². The van der Waals surface area contributed by atoms with E-state index in [9.17, 15) is 4.79 Å². The first kappa shape index (κ1) is 21.8. The van der Waals surface area contributed by atoms with Crippen LogP contribution in [0.4, 0.5) is 11.4 Å². The average molecular weight is 413 g/mol. The molecule has 0 aromatic heterocycles. The number of nitrogens with zero attached hydrogens (tertiary/aromatic N) is 1. The quantitative estimate of drug-likeness (QED) is 0.619. The molecule has 0 saturated carbocycles. The highest BCUT2D eigenvalue weighted by Crippen LogP contribution is 2.39. The van der Waals surface area contributed by atoms with Gasteiger partial charge in [-0.3, -0.25) is 4.79 Å². The number of benzene rings is 2. The van der Waals surface area contributed by atoms with Crippen LogP contribution in [0.3, 0.4) is 0 Å². The Morgan fingerprint density at radius 1 is 0.867 bits per heavy atom. The topological polar surface area (TPSA) is 60.0 Å². The molecule has 0 aliphatic carbocycles. The molecule has 1 saturated heterocycles. The van der Waals surface area contributed by atoms with Gasteiger partial charge in [0.05, 0.1) is 19.8 Å². The average Bonchev–Trinajstić information content (AvgIpc) is 2.77. The number of ether oxygens (including phenoxy) is 3. The predicted octanol–water partition coefficient (Wildman–Crippen LogP) is 5.13. The van der Waals surface area contributed by atoms with Gasteiger partial charge in [-0.05, 0) is 76.4 Å². The van der Waals surface area contributed by atoms with Crippen LogP contribution in [0.2, 0.25) is 0 Å². The molecular formula is C24H32N2O4. The Labute approximate surface area is 179 Å². The molecule has 6 nitrogen and oxygen atoms in total. The van der Waals surface area contributed by atoms with Crippen molar-refractivity contribution in [2.75, 3.05) is 43.1 Å². The summed E-state index contributed by atoms with van der Waals surface area (Å²) in [6.07, 6.45) is 3.78. The molecule has 1 aliphatic heterocycles. The van der Waals surface area contributed by atoms with E-state index in [4.69, 9.17) is 14.2 Å². The first-order valence-corrected chi connectivity index (χ1v) is 10.9. The predicted molar refractivity (Wildman–Crippen MR) is 120 cm³/mol. The molecule has 3 rings (SSSR count). The summed E-state index contributed by atoms with van der Waals surface area (Å²) >= 11 is 0. The summed E-state index contributed by atoms with van der Waals surface area (Å²) in [6, 6.07) is 11.4. The van der Waals surface area contributed by atoms with Gasteiger partial charge < -0.3 is 24.4 Å². The van der Waals surface area contributed by atoms with Gasteiger partial charge >= 0.3 is 0 Å². The van der Waals surface area contributed by atoms with Gasteiger partial charge in [0.15, 0.2) is 11.5 Å². The SMILES string of the molecule is CCOc1cc(C(=O)Nc2ccc(N3CCCCC3)cc2)cc(OCC)c1OCC. The number of amides is 1. The van der Waals surface area contributed by atoms with E-state index in [2.05, 4.69) is 22.3 Å². The Bertz CT molecular complexity index is 803.